The molecule has 1 aliphatic rings. The standard InChI is InChI=1S/C10H20N2O2/c1-12(10(13)14)7-9(11)6-8-4-2-3-5-8/h8-9H,2-7,11H2,1H3,(H,13,14). The summed E-state index contributed by atoms with van der Waals surface area (Å²) in [5.41, 5.74) is 5.89. The maximum absolute atomic E-state index is 10.5. The molecule has 1 unspecified atom stereocenters. The number of hydrogen-bond acceptors (Lipinski definition) is 2. The van der Waals surface area contributed by atoms with Gasteiger partial charge in [-0.1, -0.05) is 25.7 Å². The van der Waals surface area contributed by atoms with Gasteiger partial charge in [0.25, 0.3) is 0 Å². The molecule has 0 radical (unpaired) electrons. The molecule has 0 saturated heterocycles. The van der Waals surface area contributed by atoms with E-state index in [1.54, 1.807) is 7.05 Å². The molecule has 0 heterocycles. The first kappa shape index (κ1) is 11.3. The van der Waals surface area contributed by atoms with E-state index in [0.29, 0.717) is 6.54 Å². The lowest BCUT2D eigenvalue weighted by Gasteiger charge is -2.21. The summed E-state index contributed by atoms with van der Waals surface area (Å²) in [5.74, 6) is 0.729. The first-order valence-electron chi connectivity index (χ1n) is 5.29. The topological polar surface area (TPSA) is 66.6 Å². The summed E-state index contributed by atoms with van der Waals surface area (Å²) in [6.45, 7) is 0.450. The average molecular weight is 200 g/mol. The average Bonchev–Trinajstić information content (AvgIpc) is 2.56. The van der Waals surface area contributed by atoms with Crippen molar-refractivity contribution in [1.82, 2.24) is 4.90 Å². The minimum atomic E-state index is -0.896. The number of hydrogen-bond donors (Lipinski definition) is 2. The summed E-state index contributed by atoms with van der Waals surface area (Å²) in [6, 6.07) is -0.000741. The SMILES string of the molecule is CN(CC(N)CC1CCCC1)C(=O)O. The van der Waals surface area contributed by atoms with Gasteiger partial charge in [-0.15, -0.1) is 0 Å². The molecular weight excluding hydrogens is 180 g/mol. The first-order chi connectivity index (χ1) is 6.59. The lowest BCUT2D eigenvalue weighted by Crippen LogP contribution is -2.38. The monoisotopic (exact) mass is 200 g/mol. The predicted octanol–water partition coefficient (Wildman–Crippen LogP) is 1.50. The minimum absolute atomic E-state index is 0.000741. The molecule has 4 heteroatoms. The molecule has 0 aromatic heterocycles. The molecule has 1 atom stereocenters. The van der Waals surface area contributed by atoms with Crippen LogP contribution in [0.3, 0.4) is 0 Å². The summed E-state index contributed by atoms with van der Waals surface area (Å²) >= 11 is 0. The van der Waals surface area contributed by atoms with Crippen LogP contribution in [0, 0.1) is 5.92 Å². The van der Waals surface area contributed by atoms with Crippen LogP contribution in [0.1, 0.15) is 32.1 Å². The fourth-order valence-electron chi connectivity index (χ4n) is 2.18. The van der Waals surface area contributed by atoms with Gasteiger partial charge in [0, 0.05) is 19.6 Å². The number of carboxylic acid groups (broad SMARTS) is 1. The molecule has 3 N–H and O–H groups in total. The van der Waals surface area contributed by atoms with E-state index in [2.05, 4.69) is 0 Å². The van der Waals surface area contributed by atoms with Crippen molar-refractivity contribution >= 4 is 6.09 Å². The van der Waals surface area contributed by atoms with Crippen molar-refractivity contribution in [3.05, 3.63) is 0 Å². The summed E-state index contributed by atoms with van der Waals surface area (Å²) in [6.07, 6.45) is 5.23. The fourth-order valence-corrected chi connectivity index (χ4v) is 2.18. The Balaban J connectivity index is 2.20. The van der Waals surface area contributed by atoms with Crippen LogP contribution in [-0.2, 0) is 0 Å². The molecule has 1 rings (SSSR count). The van der Waals surface area contributed by atoms with Crippen LogP contribution in [0.25, 0.3) is 0 Å². The van der Waals surface area contributed by atoms with Crippen LogP contribution in [0.4, 0.5) is 4.79 Å². The molecular formula is C10H20N2O2. The Labute approximate surface area is 85.1 Å². The van der Waals surface area contributed by atoms with Crippen molar-refractivity contribution in [3.63, 3.8) is 0 Å². The molecule has 0 aromatic carbocycles. The molecule has 0 bridgehead atoms. The highest BCUT2D eigenvalue weighted by Crippen LogP contribution is 2.28. The maximum Gasteiger partial charge on any atom is 0.407 e. The van der Waals surface area contributed by atoms with E-state index >= 15 is 0 Å². The second-order valence-corrected chi connectivity index (χ2v) is 4.31. The Morgan fingerprint density at radius 3 is 2.64 bits per heavy atom. The molecule has 0 aliphatic heterocycles. The number of nitrogens with two attached hydrogens (primary N) is 1. The molecule has 1 amide bonds. The van der Waals surface area contributed by atoms with Crippen molar-refractivity contribution in [3.8, 4) is 0 Å². The normalized spacial score (nSPS) is 19.6. The number of likely N-dealkylation sites (N-methyl/N-ethyl adjacent to an activating group) is 1. The molecule has 1 fully saturated rings. The van der Waals surface area contributed by atoms with Crippen molar-refractivity contribution in [2.24, 2.45) is 11.7 Å². The molecule has 0 spiro atoms. The van der Waals surface area contributed by atoms with Gasteiger partial charge in [-0.2, -0.15) is 0 Å². The largest absolute Gasteiger partial charge is 0.465 e. The fraction of sp³-hybridized carbons (Fsp3) is 0.900. The van der Waals surface area contributed by atoms with Gasteiger partial charge in [0.1, 0.15) is 0 Å². The Bertz CT molecular complexity index is 191. The van der Waals surface area contributed by atoms with E-state index < -0.39 is 6.09 Å². The summed E-state index contributed by atoms with van der Waals surface area (Å²) in [4.78, 5) is 11.8. The van der Waals surface area contributed by atoms with Gasteiger partial charge in [-0.05, 0) is 12.3 Å². The smallest absolute Gasteiger partial charge is 0.407 e. The van der Waals surface area contributed by atoms with Crippen molar-refractivity contribution in [2.45, 2.75) is 38.1 Å². The van der Waals surface area contributed by atoms with Crippen molar-refractivity contribution in [2.75, 3.05) is 13.6 Å². The highest BCUT2D eigenvalue weighted by Gasteiger charge is 2.19. The predicted molar refractivity (Wildman–Crippen MR) is 55.2 cm³/mol. The summed E-state index contributed by atoms with van der Waals surface area (Å²) in [7, 11) is 1.57. The van der Waals surface area contributed by atoms with Gasteiger partial charge >= 0.3 is 6.09 Å². The number of carbonyl (C=O) groups is 1. The summed E-state index contributed by atoms with van der Waals surface area (Å²) in [5, 5.41) is 8.66. The maximum atomic E-state index is 10.5. The highest BCUT2D eigenvalue weighted by atomic mass is 16.4. The van der Waals surface area contributed by atoms with Gasteiger partial charge < -0.3 is 15.7 Å². The molecule has 0 aromatic rings. The molecule has 1 saturated carbocycles. The molecule has 14 heavy (non-hydrogen) atoms. The highest BCUT2D eigenvalue weighted by molar-refractivity contribution is 5.64. The summed E-state index contributed by atoms with van der Waals surface area (Å²) < 4.78 is 0. The van der Waals surface area contributed by atoms with Crippen LogP contribution in [0.5, 0.6) is 0 Å². The lowest BCUT2D eigenvalue weighted by atomic mass is 9.99. The van der Waals surface area contributed by atoms with Crippen molar-refractivity contribution in [1.29, 1.82) is 0 Å². The van der Waals surface area contributed by atoms with Crippen LogP contribution < -0.4 is 5.73 Å². The third kappa shape index (κ3) is 3.54. The third-order valence-corrected chi connectivity index (χ3v) is 2.95. The zero-order valence-electron chi connectivity index (χ0n) is 8.78. The van der Waals surface area contributed by atoms with E-state index in [0.717, 1.165) is 12.3 Å². The van der Waals surface area contributed by atoms with E-state index in [4.69, 9.17) is 10.8 Å². The van der Waals surface area contributed by atoms with Crippen LogP contribution in [0.2, 0.25) is 0 Å². The quantitative estimate of drug-likeness (QED) is 0.722. The second-order valence-electron chi connectivity index (χ2n) is 4.31. The van der Waals surface area contributed by atoms with Gasteiger partial charge in [0.15, 0.2) is 0 Å². The first-order valence-corrected chi connectivity index (χ1v) is 5.29. The van der Waals surface area contributed by atoms with E-state index in [1.165, 1.54) is 30.6 Å². The van der Waals surface area contributed by atoms with Crippen molar-refractivity contribution < 1.29 is 9.90 Å². The molecule has 82 valence electrons. The third-order valence-electron chi connectivity index (χ3n) is 2.95. The van der Waals surface area contributed by atoms with Gasteiger partial charge in [0.2, 0.25) is 0 Å². The zero-order chi connectivity index (χ0) is 10.6. The Morgan fingerprint density at radius 1 is 1.57 bits per heavy atom. The van der Waals surface area contributed by atoms with Crippen LogP contribution >= 0.6 is 0 Å². The van der Waals surface area contributed by atoms with Gasteiger partial charge in [-0.25, -0.2) is 4.79 Å². The van der Waals surface area contributed by atoms with E-state index in [9.17, 15) is 4.79 Å². The lowest BCUT2D eigenvalue weighted by molar-refractivity contribution is 0.151. The van der Waals surface area contributed by atoms with Gasteiger partial charge in [0.05, 0.1) is 0 Å². The zero-order valence-corrected chi connectivity index (χ0v) is 8.78. The minimum Gasteiger partial charge on any atom is -0.465 e. The van der Waals surface area contributed by atoms with E-state index in [-0.39, 0.29) is 6.04 Å². The Morgan fingerprint density at radius 2 is 2.14 bits per heavy atom. The van der Waals surface area contributed by atoms with Crippen LogP contribution in [-0.4, -0.2) is 35.7 Å². The van der Waals surface area contributed by atoms with E-state index in [1.807, 2.05) is 0 Å². The number of amides is 1. The van der Waals surface area contributed by atoms with Crippen LogP contribution in [0.15, 0.2) is 0 Å². The number of nitrogens with zero attached hydrogens (tertiary/aromatic N) is 1. The second kappa shape index (κ2) is 5.20. The number of rotatable bonds is 4. The Kier molecular flexibility index (Phi) is 4.20. The molecule has 4 nitrogen and oxygen atoms in total. The molecule has 1 aliphatic carbocycles. The Hall–Kier alpha value is -0.770. The van der Waals surface area contributed by atoms with Gasteiger partial charge in [-0.3, -0.25) is 0 Å².